The highest BCUT2D eigenvalue weighted by atomic mass is 79.9. The molecule has 0 fully saturated rings. The van der Waals surface area contributed by atoms with Crippen molar-refractivity contribution in [1.29, 1.82) is 0 Å². The summed E-state index contributed by atoms with van der Waals surface area (Å²) in [6.07, 6.45) is -0.584. The zero-order valence-corrected chi connectivity index (χ0v) is 12.8. The number of ether oxygens (including phenoxy) is 1. The van der Waals surface area contributed by atoms with Gasteiger partial charge in [0.2, 0.25) is 0 Å². The molecule has 0 aromatic heterocycles. The third-order valence-corrected chi connectivity index (χ3v) is 3.42. The summed E-state index contributed by atoms with van der Waals surface area (Å²) in [5, 5.41) is 12.8. The molecule has 0 saturated heterocycles. The minimum absolute atomic E-state index is 0.405. The summed E-state index contributed by atoms with van der Waals surface area (Å²) < 4.78 is 6.19. The van der Waals surface area contributed by atoms with E-state index in [0.717, 1.165) is 15.6 Å². The first kappa shape index (κ1) is 14.3. The summed E-state index contributed by atoms with van der Waals surface area (Å²) in [7, 11) is 0. The Hall–Kier alpha value is -1.07. The van der Waals surface area contributed by atoms with Crippen LogP contribution in [-0.4, -0.2) is 22.9 Å². The molecule has 0 aliphatic heterocycles. The Morgan fingerprint density at radius 2 is 2.16 bits per heavy atom. The fourth-order valence-corrected chi connectivity index (χ4v) is 2.62. The van der Waals surface area contributed by atoms with Crippen LogP contribution in [0.25, 0.3) is 0 Å². The number of alkyl carbamates (subject to hydrolysis) is 1. The molecule has 0 unspecified atom stereocenters. The van der Waals surface area contributed by atoms with Gasteiger partial charge < -0.3 is 15.2 Å². The monoisotopic (exact) mass is 327 g/mol. The van der Waals surface area contributed by atoms with Gasteiger partial charge in [-0.25, -0.2) is 4.79 Å². The Balaban J connectivity index is 2.12. The van der Waals surface area contributed by atoms with Crippen LogP contribution in [0.3, 0.4) is 0 Å². The maximum Gasteiger partial charge on any atom is 0.408 e. The van der Waals surface area contributed by atoms with E-state index >= 15 is 0 Å². The van der Waals surface area contributed by atoms with Crippen LogP contribution in [0.4, 0.5) is 4.79 Å². The van der Waals surface area contributed by atoms with Crippen molar-refractivity contribution in [2.75, 3.05) is 0 Å². The van der Waals surface area contributed by atoms with Crippen molar-refractivity contribution in [3.05, 3.63) is 33.8 Å². The second-order valence-electron chi connectivity index (χ2n) is 5.74. The normalized spacial score (nSPS) is 21.9. The maximum absolute atomic E-state index is 11.8. The van der Waals surface area contributed by atoms with Crippen molar-refractivity contribution < 1.29 is 14.6 Å². The van der Waals surface area contributed by atoms with Crippen LogP contribution in [0.5, 0.6) is 0 Å². The topological polar surface area (TPSA) is 58.6 Å². The molecular weight excluding hydrogens is 310 g/mol. The van der Waals surface area contributed by atoms with Crippen LogP contribution < -0.4 is 5.32 Å². The van der Waals surface area contributed by atoms with E-state index in [1.807, 2.05) is 39.0 Å². The lowest BCUT2D eigenvalue weighted by Gasteiger charge is -2.23. The molecule has 4 nitrogen and oxygen atoms in total. The Kier molecular flexibility index (Phi) is 3.87. The molecule has 1 aliphatic rings. The molecule has 1 aromatic rings. The number of hydrogen-bond acceptors (Lipinski definition) is 3. The van der Waals surface area contributed by atoms with Crippen LogP contribution in [0.1, 0.15) is 37.9 Å². The van der Waals surface area contributed by atoms with Gasteiger partial charge in [-0.05, 0) is 44.0 Å². The molecule has 0 radical (unpaired) electrons. The highest BCUT2D eigenvalue weighted by Gasteiger charge is 2.33. The number of hydrogen-bond donors (Lipinski definition) is 2. The first-order valence-electron chi connectivity index (χ1n) is 6.22. The molecule has 1 aliphatic carbocycles. The van der Waals surface area contributed by atoms with Crippen molar-refractivity contribution in [1.82, 2.24) is 5.32 Å². The fourth-order valence-electron chi connectivity index (χ4n) is 2.21. The average Bonchev–Trinajstić information content (AvgIpc) is 2.51. The van der Waals surface area contributed by atoms with Crippen LogP contribution in [-0.2, 0) is 11.2 Å². The summed E-state index contributed by atoms with van der Waals surface area (Å²) in [6, 6.07) is 5.38. The Morgan fingerprint density at radius 1 is 1.47 bits per heavy atom. The van der Waals surface area contributed by atoms with Gasteiger partial charge in [-0.15, -0.1) is 0 Å². The molecule has 104 valence electrons. The third kappa shape index (κ3) is 3.48. The Bertz CT molecular complexity index is 496. The molecule has 1 aromatic carbocycles. The number of halogens is 1. The van der Waals surface area contributed by atoms with Crippen LogP contribution in [0.15, 0.2) is 22.7 Å². The molecule has 0 spiro atoms. The lowest BCUT2D eigenvalue weighted by Crippen LogP contribution is -2.38. The summed E-state index contributed by atoms with van der Waals surface area (Å²) in [4.78, 5) is 11.8. The van der Waals surface area contributed by atoms with E-state index in [4.69, 9.17) is 4.74 Å². The SMILES string of the molecule is CC(C)(C)OC(=O)N[C@H]1c2ccc(Br)cc2C[C@@H]1O. The zero-order valence-electron chi connectivity index (χ0n) is 11.2. The Morgan fingerprint density at radius 3 is 2.79 bits per heavy atom. The predicted octanol–water partition coefficient (Wildman–Crippen LogP) is 2.93. The predicted molar refractivity (Wildman–Crippen MR) is 76.0 cm³/mol. The number of amides is 1. The fraction of sp³-hybridized carbons (Fsp3) is 0.500. The summed E-state index contributed by atoms with van der Waals surface area (Å²) >= 11 is 3.40. The zero-order chi connectivity index (χ0) is 14.2. The molecule has 5 heteroatoms. The Labute approximate surface area is 121 Å². The van der Waals surface area contributed by atoms with Crippen molar-refractivity contribution in [2.24, 2.45) is 0 Å². The lowest BCUT2D eigenvalue weighted by molar-refractivity contribution is 0.0438. The van der Waals surface area contributed by atoms with Gasteiger partial charge in [-0.1, -0.05) is 22.0 Å². The molecule has 2 N–H and O–H groups in total. The van der Waals surface area contributed by atoms with Crippen molar-refractivity contribution >= 4 is 22.0 Å². The second kappa shape index (κ2) is 5.13. The highest BCUT2D eigenvalue weighted by molar-refractivity contribution is 9.10. The number of carbonyl (C=O) groups is 1. The minimum Gasteiger partial charge on any atom is -0.444 e. The number of fused-ring (bicyclic) bond motifs is 1. The minimum atomic E-state index is -0.614. The second-order valence-corrected chi connectivity index (χ2v) is 6.65. The van der Waals surface area contributed by atoms with Gasteiger partial charge in [0.05, 0.1) is 12.1 Å². The van der Waals surface area contributed by atoms with Crippen molar-refractivity contribution in [3.63, 3.8) is 0 Å². The van der Waals surface area contributed by atoms with Gasteiger partial charge in [-0.2, -0.15) is 0 Å². The quantitative estimate of drug-likeness (QED) is 0.833. The molecule has 19 heavy (non-hydrogen) atoms. The largest absolute Gasteiger partial charge is 0.444 e. The molecular formula is C14H18BrNO3. The van der Waals surface area contributed by atoms with Gasteiger partial charge in [-0.3, -0.25) is 0 Å². The van der Waals surface area contributed by atoms with E-state index in [1.54, 1.807) is 0 Å². The van der Waals surface area contributed by atoms with Crippen molar-refractivity contribution in [2.45, 2.75) is 44.9 Å². The molecule has 2 atom stereocenters. The van der Waals surface area contributed by atoms with Gasteiger partial charge >= 0.3 is 6.09 Å². The highest BCUT2D eigenvalue weighted by Crippen LogP contribution is 2.33. The molecule has 0 bridgehead atoms. The number of carbonyl (C=O) groups excluding carboxylic acids is 1. The molecule has 2 rings (SSSR count). The number of aliphatic hydroxyl groups is 1. The van der Waals surface area contributed by atoms with E-state index in [9.17, 15) is 9.90 Å². The summed E-state index contributed by atoms with van der Waals surface area (Å²) in [5.41, 5.74) is 1.44. The van der Waals surface area contributed by atoms with E-state index in [1.165, 1.54) is 0 Å². The third-order valence-electron chi connectivity index (χ3n) is 2.93. The van der Waals surface area contributed by atoms with Crippen LogP contribution in [0.2, 0.25) is 0 Å². The number of benzene rings is 1. The molecule has 0 saturated carbocycles. The summed E-state index contributed by atoms with van der Waals surface area (Å²) in [6.45, 7) is 5.42. The first-order valence-corrected chi connectivity index (χ1v) is 7.01. The van der Waals surface area contributed by atoms with E-state index in [2.05, 4.69) is 21.2 Å². The molecule has 1 amide bonds. The number of rotatable bonds is 1. The molecule has 0 heterocycles. The summed E-state index contributed by atoms with van der Waals surface area (Å²) in [5.74, 6) is 0. The van der Waals surface area contributed by atoms with Crippen LogP contribution >= 0.6 is 15.9 Å². The maximum atomic E-state index is 11.8. The first-order chi connectivity index (χ1) is 8.76. The van der Waals surface area contributed by atoms with Gasteiger partial charge in [0.1, 0.15) is 5.60 Å². The number of nitrogens with one attached hydrogen (secondary N) is 1. The van der Waals surface area contributed by atoms with E-state index < -0.39 is 23.8 Å². The van der Waals surface area contributed by atoms with E-state index in [0.29, 0.717) is 6.42 Å². The van der Waals surface area contributed by atoms with Gasteiger partial charge in [0.15, 0.2) is 0 Å². The smallest absolute Gasteiger partial charge is 0.408 e. The van der Waals surface area contributed by atoms with Crippen molar-refractivity contribution in [3.8, 4) is 0 Å². The standard InChI is InChI=1S/C14H18BrNO3/c1-14(2,3)19-13(18)16-12-10-5-4-9(15)6-8(10)7-11(12)17/h4-6,11-12,17H,7H2,1-3H3,(H,16,18)/t11-,12-/m0/s1. The average molecular weight is 328 g/mol. The number of aliphatic hydroxyl groups excluding tert-OH is 1. The van der Waals surface area contributed by atoms with Crippen LogP contribution in [0, 0.1) is 0 Å². The van der Waals surface area contributed by atoms with Gasteiger partial charge in [0, 0.05) is 10.9 Å². The van der Waals surface area contributed by atoms with E-state index in [-0.39, 0.29) is 0 Å². The van der Waals surface area contributed by atoms with Gasteiger partial charge in [0.25, 0.3) is 0 Å². The lowest BCUT2D eigenvalue weighted by atomic mass is 10.1.